The van der Waals surface area contributed by atoms with E-state index in [1.807, 2.05) is 24.5 Å². The molecule has 4 aromatic rings. The summed E-state index contributed by atoms with van der Waals surface area (Å²) in [7, 11) is 0. The molecule has 0 spiro atoms. The Labute approximate surface area is 176 Å². The van der Waals surface area contributed by atoms with Crippen molar-refractivity contribution >= 4 is 33.7 Å². The maximum Gasteiger partial charge on any atom is 0.220 e. The van der Waals surface area contributed by atoms with Crippen molar-refractivity contribution in [1.29, 1.82) is 0 Å². The number of nitrogens with two attached hydrogens (primary N) is 1. The molecular formula is C24H27N5O. The molecule has 2 aromatic heterocycles. The molecule has 4 rings (SSSR count). The fourth-order valence-corrected chi connectivity index (χ4v) is 3.71. The summed E-state index contributed by atoms with van der Waals surface area (Å²) in [6.07, 6.45) is 4.98. The lowest BCUT2D eigenvalue weighted by atomic mass is 10.1. The Kier molecular flexibility index (Phi) is 5.93. The number of benzene rings is 2. The number of aromatic nitrogens is 3. The molecule has 0 atom stereocenters. The lowest BCUT2D eigenvalue weighted by molar-refractivity contribution is -0.121. The summed E-state index contributed by atoms with van der Waals surface area (Å²) in [5.41, 5.74) is 11.2. The summed E-state index contributed by atoms with van der Waals surface area (Å²) < 4.78 is 2.13. The molecule has 0 saturated carbocycles. The fourth-order valence-electron chi connectivity index (χ4n) is 3.71. The van der Waals surface area contributed by atoms with Crippen LogP contribution in [0.5, 0.6) is 0 Å². The van der Waals surface area contributed by atoms with Gasteiger partial charge in [-0.15, -0.1) is 0 Å². The predicted molar refractivity (Wildman–Crippen MR) is 121 cm³/mol. The van der Waals surface area contributed by atoms with Crippen LogP contribution < -0.4 is 11.1 Å². The van der Waals surface area contributed by atoms with Crippen molar-refractivity contribution < 1.29 is 4.79 Å². The van der Waals surface area contributed by atoms with Crippen LogP contribution in [-0.4, -0.2) is 27.0 Å². The minimum Gasteiger partial charge on any atom is -0.382 e. The van der Waals surface area contributed by atoms with Crippen LogP contribution in [0.25, 0.3) is 21.9 Å². The number of anilines is 1. The number of rotatable bonds is 8. The van der Waals surface area contributed by atoms with Gasteiger partial charge < -0.3 is 15.6 Å². The highest BCUT2D eigenvalue weighted by Crippen LogP contribution is 2.27. The molecule has 6 heteroatoms. The third kappa shape index (κ3) is 4.43. The number of imidazole rings is 1. The Balaban J connectivity index is 1.27. The highest BCUT2D eigenvalue weighted by Gasteiger charge is 2.11. The summed E-state index contributed by atoms with van der Waals surface area (Å²) in [5, 5.41) is 4.09. The molecule has 1 amide bonds. The summed E-state index contributed by atoms with van der Waals surface area (Å²) >= 11 is 0. The molecule has 154 valence electrons. The number of carbonyl (C=O) groups is 1. The fraction of sp³-hybridized carbons (Fsp3) is 0.292. The van der Waals surface area contributed by atoms with Gasteiger partial charge >= 0.3 is 0 Å². The van der Waals surface area contributed by atoms with Gasteiger partial charge in [-0.05, 0) is 37.8 Å². The van der Waals surface area contributed by atoms with E-state index in [1.165, 1.54) is 11.1 Å². The van der Waals surface area contributed by atoms with Crippen molar-refractivity contribution in [2.75, 3.05) is 12.3 Å². The molecule has 0 unspecified atom stereocenters. The molecule has 3 N–H and O–H groups in total. The Morgan fingerprint density at radius 1 is 1.10 bits per heavy atom. The largest absolute Gasteiger partial charge is 0.382 e. The second kappa shape index (κ2) is 8.95. The van der Waals surface area contributed by atoms with Crippen LogP contribution >= 0.6 is 0 Å². The van der Waals surface area contributed by atoms with E-state index in [1.54, 1.807) is 0 Å². The minimum atomic E-state index is 0.105. The van der Waals surface area contributed by atoms with Gasteiger partial charge in [-0.2, -0.15) is 0 Å². The van der Waals surface area contributed by atoms with Gasteiger partial charge in [0.2, 0.25) is 5.91 Å². The van der Waals surface area contributed by atoms with E-state index < -0.39 is 0 Å². The van der Waals surface area contributed by atoms with Crippen LogP contribution in [0, 0.1) is 6.92 Å². The Bertz CT molecular complexity index is 1160. The van der Waals surface area contributed by atoms with E-state index in [-0.39, 0.29) is 5.91 Å². The standard InChI is InChI=1S/C24H27N5O/c1-17-8-10-18(11-9-17)12-13-21(30)26-14-4-5-15-29-16-27-22-23(29)19-6-2-3-7-20(19)28-24(22)25/h2-3,6-11,16H,4-5,12-15H2,1H3,(H2,25,28)(H,26,30). The topological polar surface area (TPSA) is 85.8 Å². The Morgan fingerprint density at radius 3 is 2.73 bits per heavy atom. The zero-order valence-electron chi connectivity index (χ0n) is 17.3. The number of pyridine rings is 1. The second-order valence-electron chi connectivity index (χ2n) is 7.69. The molecule has 30 heavy (non-hydrogen) atoms. The second-order valence-corrected chi connectivity index (χ2v) is 7.69. The highest BCUT2D eigenvalue weighted by molar-refractivity contribution is 6.06. The molecule has 6 nitrogen and oxygen atoms in total. The average Bonchev–Trinajstić information content (AvgIpc) is 3.18. The number of hydrogen-bond donors (Lipinski definition) is 2. The van der Waals surface area contributed by atoms with Crippen molar-refractivity contribution in [3.8, 4) is 0 Å². The zero-order valence-corrected chi connectivity index (χ0v) is 17.3. The summed E-state index contributed by atoms with van der Waals surface area (Å²) in [4.78, 5) is 21.0. The number of hydrogen-bond acceptors (Lipinski definition) is 4. The minimum absolute atomic E-state index is 0.105. The van der Waals surface area contributed by atoms with Crippen molar-refractivity contribution in [3.63, 3.8) is 0 Å². The molecule has 2 aromatic carbocycles. The van der Waals surface area contributed by atoms with Gasteiger partial charge in [0.15, 0.2) is 5.82 Å². The molecular weight excluding hydrogens is 374 g/mol. The number of nitrogen functional groups attached to an aromatic ring is 1. The first-order chi connectivity index (χ1) is 14.6. The average molecular weight is 402 g/mol. The predicted octanol–water partition coefficient (Wildman–Crippen LogP) is 4.00. The Morgan fingerprint density at radius 2 is 1.90 bits per heavy atom. The van der Waals surface area contributed by atoms with E-state index in [2.05, 4.69) is 57.1 Å². The number of nitrogens with zero attached hydrogens (tertiary/aromatic N) is 3. The molecule has 0 fully saturated rings. The quantitative estimate of drug-likeness (QED) is 0.437. The number of aryl methyl sites for hydroxylation is 3. The van der Waals surface area contributed by atoms with Crippen molar-refractivity contribution in [2.24, 2.45) is 0 Å². The lowest BCUT2D eigenvalue weighted by Gasteiger charge is -2.09. The van der Waals surface area contributed by atoms with Crippen LogP contribution in [0.4, 0.5) is 5.82 Å². The van der Waals surface area contributed by atoms with E-state index >= 15 is 0 Å². The van der Waals surface area contributed by atoms with E-state index in [0.29, 0.717) is 18.8 Å². The van der Waals surface area contributed by atoms with Crippen molar-refractivity contribution in [3.05, 3.63) is 66.0 Å². The maximum atomic E-state index is 12.1. The van der Waals surface area contributed by atoms with Gasteiger partial charge in [0, 0.05) is 24.9 Å². The van der Waals surface area contributed by atoms with Gasteiger partial charge in [0.05, 0.1) is 17.4 Å². The molecule has 0 bridgehead atoms. The number of amides is 1. The zero-order chi connectivity index (χ0) is 20.9. The van der Waals surface area contributed by atoms with Crippen LogP contribution in [0.15, 0.2) is 54.9 Å². The van der Waals surface area contributed by atoms with Crippen LogP contribution in [0.3, 0.4) is 0 Å². The molecule has 0 aliphatic carbocycles. The highest BCUT2D eigenvalue weighted by atomic mass is 16.1. The van der Waals surface area contributed by atoms with Crippen LogP contribution in [0.2, 0.25) is 0 Å². The first kappa shape index (κ1) is 19.9. The number of unbranched alkanes of at least 4 members (excludes halogenated alkanes) is 1. The SMILES string of the molecule is Cc1ccc(CCC(=O)NCCCCn2cnc3c(N)nc4ccccc4c32)cc1. The maximum absolute atomic E-state index is 12.1. The van der Waals surface area contributed by atoms with Crippen LogP contribution in [-0.2, 0) is 17.8 Å². The van der Waals surface area contributed by atoms with Gasteiger partial charge in [-0.3, -0.25) is 4.79 Å². The smallest absolute Gasteiger partial charge is 0.220 e. The first-order valence-electron chi connectivity index (χ1n) is 10.4. The molecule has 0 radical (unpaired) electrons. The molecule has 0 aliphatic heterocycles. The number of fused-ring (bicyclic) bond motifs is 3. The molecule has 2 heterocycles. The number of nitrogens with one attached hydrogen (secondary N) is 1. The summed E-state index contributed by atoms with van der Waals surface area (Å²) in [6, 6.07) is 16.3. The lowest BCUT2D eigenvalue weighted by Crippen LogP contribution is -2.24. The normalized spacial score (nSPS) is 11.2. The van der Waals surface area contributed by atoms with E-state index in [4.69, 9.17) is 5.73 Å². The first-order valence-corrected chi connectivity index (χ1v) is 10.4. The van der Waals surface area contributed by atoms with Crippen LogP contribution in [0.1, 0.15) is 30.4 Å². The van der Waals surface area contributed by atoms with Gasteiger partial charge in [-0.1, -0.05) is 48.0 Å². The van der Waals surface area contributed by atoms with Gasteiger partial charge in [0.1, 0.15) is 5.52 Å². The number of para-hydroxylation sites is 1. The van der Waals surface area contributed by atoms with E-state index in [0.717, 1.165) is 47.7 Å². The van der Waals surface area contributed by atoms with Gasteiger partial charge in [0.25, 0.3) is 0 Å². The van der Waals surface area contributed by atoms with E-state index in [9.17, 15) is 4.79 Å². The molecule has 0 saturated heterocycles. The van der Waals surface area contributed by atoms with Crippen molar-refractivity contribution in [1.82, 2.24) is 19.9 Å². The Hall–Kier alpha value is -3.41. The summed E-state index contributed by atoms with van der Waals surface area (Å²) in [6.45, 7) is 3.57. The third-order valence-electron chi connectivity index (χ3n) is 5.39. The molecule has 0 aliphatic rings. The van der Waals surface area contributed by atoms with Crippen molar-refractivity contribution in [2.45, 2.75) is 39.2 Å². The monoisotopic (exact) mass is 401 g/mol. The third-order valence-corrected chi connectivity index (χ3v) is 5.39. The number of carbonyl (C=O) groups excluding carboxylic acids is 1. The van der Waals surface area contributed by atoms with Gasteiger partial charge in [-0.25, -0.2) is 9.97 Å². The summed E-state index contributed by atoms with van der Waals surface area (Å²) in [5.74, 6) is 0.566.